The van der Waals surface area contributed by atoms with Crippen molar-refractivity contribution in [1.82, 2.24) is 10.2 Å². The topological polar surface area (TPSA) is 76.2 Å². The van der Waals surface area contributed by atoms with E-state index in [2.05, 4.69) is 20.5 Å². The molecule has 0 radical (unpaired) electrons. The molecule has 5 nitrogen and oxygen atoms in total. The highest BCUT2D eigenvalue weighted by atomic mass is 32.1. The van der Waals surface area contributed by atoms with E-state index in [0.29, 0.717) is 11.1 Å². The van der Waals surface area contributed by atoms with Crippen molar-refractivity contribution in [1.29, 1.82) is 0 Å². The standard InChI is InChI=1S/C6H11N5S/c1-2-3-8-5(7)10-6-11-9-4-12-6/h4H,2-3H2,1H3,(H3,7,8,10,11). The molecule has 0 fully saturated rings. The van der Waals surface area contributed by atoms with Gasteiger partial charge in [-0.1, -0.05) is 18.3 Å². The smallest absolute Gasteiger partial charge is 0.212 e. The summed E-state index contributed by atoms with van der Waals surface area (Å²) in [5, 5.41) is 10.9. The molecule has 0 aliphatic rings. The van der Waals surface area contributed by atoms with Crippen LogP contribution >= 0.6 is 11.3 Å². The van der Waals surface area contributed by atoms with Crippen LogP contribution in [0, 0.1) is 0 Å². The number of aromatic nitrogens is 2. The minimum atomic E-state index is 0.397. The number of nitrogens with one attached hydrogen (secondary N) is 1. The van der Waals surface area contributed by atoms with Crippen molar-refractivity contribution in [2.75, 3.05) is 11.9 Å². The van der Waals surface area contributed by atoms with E-state index in [-0.39, 0.29) is 0 Å². The third-order valence-electron chi connectivity index (χ3n) is 1.10. The number of hydrogen-bond donors (Lipinski definition) is 2. The second-order valence-corrected chi connectivity index (χ2v) is 2.97. The van der Waals surface area contributed by atoms with Crippen LogP contribution in [0.4, 0.5) is 5.13 Å². The van der Waals surface area contributed by atoms with E-state index in [4.69, 9.17) is 5.73 Å². The number of guanidine groups is 1. The van der Waals surface area contributed by atoms with Crippen molar-refractivity contribution in [2.24, 2.45) is 10.7 Å². The van der Waals surface area contributed by atoms with Gasteiger partial charge in [0.1, 0.15) is 5.51 Å². The molecule has 0 amide bonds. The van der Waals surface area contributed by atoms with Gasteiger partial charge in [0.15, 0.2) is 5.96 Å². The van der Waals surface area contributed by atoms with Gasteiger partial charge in [0.25, 0.3) is 0 Å². The van der Waals surface area contributed by atoms with E-state index < -0.39 is 0 Å². The highest BCUT2D eigenvalue weighted by Gasteiger charge is 1.95. The van der Waals surface area contributed by atoms with Crippen LogP contribution in [0.1, 0.15) is 13.3 Å². The molecule has 1 aromatic rings. The van der Waals surface area contributed by atoms with Crippen LogP contribution in [0.2, 0.25) is 0 Å². The minimum Gasteiger partial charge on any atom is -0.370 e. The fourth-order valence-corrected chi connectivity index (χ4v) is 1.06. The van der Waals surface area contributed by atoms with Crippen LogP contribution in [0.15, 0.2) is 10.5 Å². The third-order valence-corrected chi connectivity index (χ3v) is 1.71. The molecular formula is C6H11N5S. The van der Waals surface area contributed by atoms with Crippen molar-refractivity contribution in [2.45, 2.75) is 13.3 Å². The Balaban J connectivity index is 2.41. The zero-order chi connectivity index (χ0) is 8.81. The molecule has 0 saturated heterocycles. The lowest BCUT2D eigenvalue weighted by atomic mass is 10.5. The second kappa shape index (κ2) is 4.66. The molecule has 0 atom stereocenters. The fourth-order valence-electron chi connectivity index (χ4n) is 0.609. The Labute approximate surface area is 74.7 Å². The summed E-state index contributed by atoms with van der Waals surface area (Å²) in [6.07, 6.45) is 0.985. The van der Waals surface area contributed by atoms with Crippen molar-refractivity contribution in [3.63, 3.8) is 0 Å². The van der Waals surface area contributed by atoms with Crippen LogP contribution in [0.5, 0.6) is 0 Å². The van der Waals surface area contributed by atoms with Crippen molar-refractivity contribution in [3.05, 3.63) is 5.51 Å². The van der Waals surface area contributed by atoms with Gasteiger partial charge in [-0.15, -0.1) is 10.2 Å². The molecule has 6 heteroatoms. The van der Waals surface area contributed by atoms with Crippen molar-refractivity contribution >= 4 is 22.4 Å². The number of aliphatic imine (C=N–C) groups is 1. The Bertz CT molecular complexity index is 242. The molecule has 0 aliphatic heterocycles. The molecule has 0 aliphatic carbocycles. The SMILES string of the molecule is CCCN=C(N)Nc1nncs1. The predicted octanol–water partition coefficient (Wildman–Crippen LogP) is 0.675. The first kappa shape index (κ1) is 8.92. The van der Waals surface area contributed by atoms with E-state index in [0.717, 1.165) is 13.0 Å². The average Bonchev–Trinajstić information content (AvgIpc) is 2.53. The molecule has 0 bridgehead atoms. The van der Waals surface area contributed by atoms with Gasteiger partial charge < -0.3 is 11.1 Å². The van der Waals surface area contributed by atoms with Gasteiger partial charge in [0, 0.05) is 6.54 Å². The molecule has 0 spiro atoms. The molecule has 1 heterocycles. The third kappa shape index (κ3) is 2.83. The van der Waals surface area contributed by atoms with E-state index in [1.165, 1.54) is 11.3 Å². The van der Waals surface area contributed by atoms with Gasteiger partial charge >= 0.3 is 0 Å². The normalized spacial score (nSPS) is 11.6. The van der Waals surface area contributed by atoms with Gasteiger partial charge in [-0.25, -0.2) is 0 Å². The first-order valence-electron chi connectivity index (χ1n) is 3.66. The Kier molecular flexibility index (Phi) is 3.46. The molecule has 3 N–H and O–H groups in total. The van der Waals surface area contributed by atoms with E-state index >= 15 is 0 Å². The van der Waals surface area contributed by atoms with Crippen molar-refractivity contribution in [3.8, 4) is 0 Å². The highest BCUT2D eigenvalue weighted by Crippen LogP contribution is 2.06. The highest BCUT2D eigenvalue weighted by molar-refractivity contribution is 7.13. The van der Waals surface area contributed by atoms with E-state index in [1.807, 2.05) is 6.92 Å². The van der Waals surface area contributed by atoms with Crippen LogP contribution < -0.4 is 11.1 Å². The van der Waals surface area contributed by atoms with Gasteiger partial charge in [-0.3, -0.25) is 4.99 Å². The zero-order valence-electron chi connectivity index (χ0n) is 6.82. The van der Waals surface area contributed by atoms with Gasteiger partial charge in [0.05, 0.1) is 0 Å². The predicted molar refractivity (Wildman–Crippen MR) is 50.3 cm³/mol. The quantitative estimate of drug-likeness (QED) is 0.536. The molecular weight excluding hydrogens is 174 g/mol. The number of nitrogens with two attached hydrogens (primary N) is 1. The summed E-state index contributed by atoms with van der Waals surface area (Å²) in [6, 6.07) is 0. The summed E-state index contributed by atoms with van der Waals surface area (Å²) in [5.41, 5.74) is 7.16. The Morgan fingerprint density at radius 3 is 3.25 bits per heavy atom. The van der Waals surface area contributed by atoms with Gasteiger partial charge in [-0.05, 0) is 6.42 Å². The van der Waals surface area contributed by atoms with Gasteiger partial charge in [0.2, 0.25) is 5.13 Å². The number of anilines is 1. The molecule has 0 aromatic carbocycles. The molecule has 12 heavy (non-hydrogen) atoms. The summed E-state index contributed by atoms with van der Waals surface area (Å²) < 4.78 is 0. The lowest BCUT2D eigenvalue weighted by Gasteiger charge is -1.98. The summed E-state index contributed by atoms with van der Waals surface area (Å²) >= 11 is 1.39. The largest absolute Gasteiger partial charge is 0.370 e. The Hall–Kier alpha value is -1.17. The average molecular weight is 185 g/mol. The van der Waals surface area contributed by atoms with E-state index in [1.54, 1.807) is 5.51 Å². The molecule has 0 unspecified atom stereocenters. The maximum Gasteiger partial charge on any atom is 0.212 e. The Morgan fingerprint density at radius 2 is 2.67 bits per heavy atom. The first-order chi connectivity index (χ1) is 5.83. The number of hydrogen-bond acceptors (Lipinski definition) is 4. The van der Waals surface area contributed by atoms with Crippen LogP contribution in [-0.4, -0.2) is 22.7 Å². The molecule has 1 rings (SSSR count). The van der Waals surface area contributed by atoms with Crippen LogP contribution in [0.3, 0.4) is 0 Å². The maximum atomic E-state index is 5.53. The number of rotatable bonds is 3. The monoisotopic (exact) mass is 185 g/mol. The maximum absolute atomic E-state index is 5.53. The van der Waals surface area contributed by atoms with Crippen molar-refractivity contribution < 1.29 is 0 Å². The zero-order valence-corrected chi connectivity index (χ0v) is 7.64. The molecule has 0 saturated carbocycles. The molecule has 1 aromatic heterocycles. The Morgan fingerprint density at radius 1 is 1.83 bits per heavy atom. The van der Waals surface area contributed by atoms with Crippen LogP contribution in [-0.2, 0) is 0 Å². The summed E-state index contributed by atoms with van der Waals surface area (Å²) in [6.45, 7) is 2.78. The summed E-state index contributed by atoms with van der Waals surface area (Å²) in [5.74, 6) is 0.397. The fraction of sp³-hybridized carbons (Fsp3) is 0.500. The van der Waals surface area contributed by atoms with Crippen LogP contribution in [0.25, 0.3) is 0 Å². The molecule has 66 valence electrons. The summed E-state index contributed by atoms with van der Waals surface area (Å²) in [4.78, 5) is 4.04. The van der Waals surface area contributed by atoms with E-state index in [9.17, 15) is 0 Å². The lowest BCUT2D eigenvalue weighted by Crippen LogP contribution is -2.22. The number of nitrogens with zero attached hydrogens (tertiary/aromatic N) is 3. The second-order valence-electron chi connectivity index (χ2n) is 2.14. The summed E-state index contributed by atoms with van der Waals surface area (Å²) in [7, 11) is 0. The van der Waals surface area contributed by atoms with Gasteiger partial charge in [-0.2, -0.15) is 0 Å². The first-order valence-corrected chi connectivity index (χ1v) is 4.54. The lowest BCUT2D eigenvalue weighted by molar-refractivity contribution is 0.929. The minimum absolute atomic E-state index is 0.397.